The molecule has 0 fully saturated rings. The molecule has 3 amide bonds. The first kappa shape index (κ1) is 27.0. The molecule has 3 rings (SSSR count). The van der Waals surface area contributed by atoms with Crippen LogP contribution in [0.3, 0.4) is 0 Å². The van der Waals surface area contributed by atoms with Gasteiger partial charge in [-0.05, 0) is 31.2 Å². The standard InChI is InChI=1S/C27H33FN4O4/c1-17(2)9-10-20-11-23-25(29-13-20)36-24(18(3)14-32(26(23)34)19(4)16-33)15-31(5)27(35)30-22-8-6-7-21(28)12-22/h6-8,11-13,17-19,24,33H,14-16H2,1-5H3,(H,30,35)/t18-,19-,24+/m0/s1. The number of aromatic nitrogens is 1. The summed E-state index contributed by atoms with van der Waals surface area (Å²) in [5.41, 5.74) is 1.19. The van der Waals surface area contributed by atoms with E-state index in [9.17, 15) is 19.1 Å². The van der Waals surface area contributed by atoms with Gasteiger partial charge in [-0.2, -0.15) is 0 Å². The number of carbonyl (C=O) groups excluding carboxylic acids is 2. The quantitative estimate of drug-likeness (QED) is 0.617. The Hall–Kier alpha value is -3.64. The van der Waals surface area contributed by atoms with Crippen LogP contribution in [0.1, 0.15) is 43.6 Å². The maximum absolute atomic E-state index is 13.5. The predicted octanol–water partition coefficient (Wildman–Crippen LogP) is 3.61. The van der Waals surface area contributed by atoms with Crippen LogP contribution in [0, 0.1) is 29.5 Å². The van der Waals surface area contributed by atoms with Gasteiger partial charge in [0.1, 0.15) is 17.5 Å². The maximum Gasteiger partial charge on any atom is 0.321 e. The molecule has 2 heterocycles. The number of ether oxygens (including phenoxy) is 1. The molecule has 0 spiro atoms. The zero-order valence-electron chi connectivity index (χ0n) is 21.3. The summed E-state index contributed by atoms with van der Waals surface area (Å²) in [4.78, 5) is 33.6. The highest BCUT2D eigenvalue weighted by molar-refractivity contribution is 5.97. The number of fused-ring (bicyclic) bond motifs is 1. The van der Waals surface area contributed by atoms with Crippen molar-refractivity contribution >= 4 is 17.6 Å². The van der Waals surface area contributed by atoms with Crippen LogP contribution in [0.4, 0.5) is 14.9 Å². The molecule has 36 heavy (non-hydrogen) atoms. The minimum absolute atomic E-state index is 0.153. The van der Waals surface area contributed by atoms with Crippen LogP contribution in [0.15, 0.2) is 36.5 Å². The van der Waals surface area contributed by atoms with Crippen molar-refractivity contribution in [2.75, 3.05) is 32.1 Å². The number of amides is 3. The molecule has 0 aliphatic carbocycles. The van der Waals surface area contributed by atoms with E-state index in [1.807, 2.05) is 20.8 Å². The van der Waals surface area contributed by atoms with Crippen LogP contribution >= 0.6 is 0 Å². The van der Waals surface area contributed by atoms with Gasteiger partial charge in [-0.1, -0.05) is 38.7 Å². The van der Waals surface area contributed by atoms with Crippen molar-refractivity contribution in [1.82, 2.24) is 14.8 Å². The van der Waals surface area contributed by atoms with Crippen LogP contribution in [-0.2, 0) is 0 Å². The largest absolute Gasteiger partial charge is 0.472 e. The Morgan fingerprint density at radius 3 is 2.78 bits per heavy atom. The summed E-state index contributed by atoms with van der Waals surface area (Å²) in [5, 5.41) is 12.5. The fraction of sp³-hybridized carbons (Fsp3) is 0.444. The Morgan fingerprint density at radius 1 is 1.36 bits per heavy atom. The number of rotatable bonds is 5. The molecular formula is C27H33FN4O4. The van der Waals surface area contributed by atoms with Crippen LogP contribution in [0.5, 0.6) is 5.88 Å². The zero-order chi connectivity index (χ0) is 26.4. The number of halogens is 1. The molecule has 8 nitrogen and oxygen atoms in total. The van der Waals surface area contributed by atoms with Crippen molar-refractivity contribution in [3.05, 3.63) is 53.5 Å². The molecule has 1 aliphatic rings. The monoisotopic (exact) mass is 496 g/mol. The lowest BCUT2D eigenvalue weighted by Gasteiger charge is -2.37. The number of pyridine rings is 1. The number of nitrogens with one attached hydrogen (secondary N) is 1. The first-order valence-electron chi connectivity index (χ1n) is 12.0. The number of nitrogens with zero attached hydrogens (tertiary/aromatic N) is 3. The average molecular weight is 497 g/mol. The van der Waals surface area contributed by atoms with Crippen molar-refractivity contribution in [3.63, 3.8) is 0 Å². The molecule has 2 aromatic rings. The van der Waals surface area contributed by atoms with Gasteiger partial charge in [0.05, 0.1) is 19.2 Å². The molecular weight excluding hydrogens is 463 g/mol. The molecule has 192 valence electrons. The number of urea groups is 1. The van der Waals surface area contributed by atoms with Crippen LogP contribution in [-0.4, -0.2) is 70.7 Å². The molecule has 9 heteroatoms. The average Bonchev–Trinajstić information content (AvgIpc) is 2.84. The molecule has 1 aromatic carbocycles. The van der Waals surface area contributed by atoms with E-state index in [1.165, 1.54) is 23.1 Å². The number of benzene rings is 1. The van der Waals surface area contributed by atoms with Crippen LogP contribution in [0.25, 0.3) is 0 Å². The fourth-order valence-electron chi connectivity index (χ4n) is 3.75. The third kappa shape index (κ3) is 6.73. The van der Waals surface area contributed by atoms with Gasteiger partial charge >= 0.3 is 6.03 Å². The number of anilines is 1. The summed E-state index contributed by atoms with van der Waals surface area (Å²) in [6, 6.07) is 6.46. The SMILES string of the molecule is CC(C)C#Cc1cnc2c(c1)C(=O)N([C@@H](C)CO)C[C@H](C)[C@@H](CN(C)C(=O)Nc1cccc(F)c1)O2. The van der Waals surface area contributed by atoms with E-state index in [4.69, 9.17) is 4.74 Å². The van der Waals surface area contributed by atoms with E-state index in [0.717, 1.165) is 0 Å². The van der Waals surface area contributed by atoms with Crippen molar-refractivity contribution in [2.24, 2.45) is 11.8 Å². The van der Waals surface area contributed by atoms with Gasteiger partial charge in [-0.15, -0.1) is 0 Å². The second-order valence-electron chi connectivity index (χ2n) is 9.44. The molecule has 0 unspecified atom stereocenters. The highest BCUT2D eigenvalue weighted by Gasteiger charge is 2.34. The van der Waals surface area contributed by atoms with Crippen molar-refractivity contribution < 1.29 is 23.8 Å². The second-order valence-corrected chi connectivity index (χ2v) is 9.44. The number of hydrogen-bond acceptors (Lipinski definition) is 5. The van der Waals surface area contributed by atoms with Gasteiger partial charge in [0, 0.05) is 42.9 Å². The van der Waals surface area contributed by atoms with E-state index in [0.29, 0.717) is 17.8 Å². The summed E-state index contributed by atoms with van der Waals surface area (Å²) in [6.45, 7) is 7.94. The molecule has 0 saturated carbocycles. The van der Waals surface area contributed by atoms with E-state index in [2.05, 4.69) is 22.1 Å². The van der Waals surface area contributed by atoms with E-state index < -0.39 is 24.0 Å². The van der Waals surface area contributed by atoms with Gasteiger partial charge in [-0.25, -0.2) is 14.2 Å². The van der Waals surface area contributed by atoms with E-state index in [-0.39, 0.29) is 42.3 Å². The summed E-state index contributed by atoms with van der Waals surface area (Å²) < 4.78 is 19.7. The molecule has 2 N–H and O–H groups in total. The number of aliphatic hydroxyl groups excluding tert-OH is 1. The van der Waals surface area contributed by atoms with Crippen molar-refractivity contribution in [2.45, 2.75) is 39.8 Å². The van der Waals surface area contributed by atoms with Crippen molar-refractivity contribution in [3.8, 4) is 17.7 Å². The van der Waals surface area contributed by atoms with Gasteiger partial charge < -0.3 is 25.0 Å². The minimum Gasteiger partial charge on any atom is -0.472 e. The van der Waals surface area contributed by atoms with Gasteiger partial charge in [0.25, 0.3) is 5.91 Å². The van der Waals surface area contributed by atoms with E-state index in [1.54, 1.807) is 37.2 Å². The lowest BCUT2D eigenvalue weighted by atomic mass is 10.00. The first-order valence-corrected chi connectivity index (χ1v) is 12.0. The normalized spacial score (nSPS) is 18.2. The Kier molecular flexibility index (Phi) is 8.88. The molecule has 1 aliphatic heterocycles. The smallest absolute Gasteiger partial charge is 0.321 e. The molecule has 3 atom stereocenters. The lowest BCUT2D eigenvalue weighted by Crippen LogP contribution is -2.50. The van der Waals surface area contributed by atoms with Crippen LogP contribution in [0.2, 0.25) is 0 Å². The fourth-order valence-corrected chi connectivity index (χ4v) is 3.75. The lowest BCUT2D eigenvalue weighted by molar-refractivity contribution is 0.0356. The summed E-state index contributed by atoms with van der Waals surface area (Å²) in [6.07, 6.45) is 1.05. The van der Waals surface area contributed by atoms with Gasteiger partial charge in [-0.3, -0.25) is 4.79 Å². The number of carbonyl (C=O) groups is 2. The summed E-state index contributed by atoms with van der Waals surface area (Å²) >= 11 is 0. The summed E-state index contributed by atoms with van der Waals surface area (Å²) in [5.74, 6) is 5.46. The second kappa shape index (κ2) is 11.9. The van der Waals surface area contributed by atoms with Gasteiger partial charge in [0.2, 0.25) is 5.88 Å². The van der Waals surface area contributed by atoms with E-state index >= 15 is 0 Å². The third-order valence-electron chi connectivity index (χ3n) is 5.90. The number of likely N-dealkylation sites (N-methyl/N-ethyl adjacent to an activating group) is 1. The minimum atomic E-state index is -0.506. The topological polar surface area (TPSA) is 95.0 Å². The Morgan fingerprint density at radius 2 is 2.11 bits per heavy atom. The molecule has 1 aromatic heterocycles. The summed E-state index contributed by atoms with van der Waals surface area (Å²) in [7, 11) is 1.61. The highest BCUT2D eigenvalue weighted by atomic mass is 19.1. The maximum atomic E-state index is 13.5. The highest BCUT2D eigenvalue weighted by Crippen LogP contribution is 2.27. The van der Waals surface area contributed by atoms with Crippen LogP contribution < -0.4 is 10.1 Å². The Balaban J connectivity index is 1.88. The number of aliphatic hydroxyl groups is 1. The third-order valence-corrected chi connectivity index (χ3v) is 5.90. The Labute approximate surface area is 211 Å². The Bertz CT molecular complexity index is 1160. The first-order chi connectivity index (χ1) is 17.1. The zero-order valence-corrected chi connectivity index (χ0v) is 21.3. The molecule has 0 saturated heterocycles. The van der Waals surface area contributed by atoms with Gasteiger partial charge in [0.15, 0.2) is 0 Å². The van der Waals surface area contributed by atoms with Crippen molar-refractivity contribution in [1.29, 1.82) is 0 Å². The molecule has 0 bridgehead atoms. The molecule has 0 radical (unpaired) electrons. The number of hydrogen-bond donors (Lipinski definition) is 2. The predicted molar refractivity (Wildman–Crippen MR) is 135 cm³/mol.